The number of anilines is 1. The third-order valence-electron chi connectivity index (χ3n) is 5.53. The third kappa shape index (κ3) is 4.25. The Morgan fingerprint density at radius 3 is 2.56 bits per heavy atom. The van der Waals surface area contributed by atoms with E-state index in [2.05, 4.69) is 10.3 Å². The number of carbonyl (C=O) groups is 2. The molecular weight excluding hydrogens is 406 g/mol. The normalized spacial score (nSPS) is 11.1. The first kappa shape index (κ1) is 21.3. The van der Waals surface area contributed by atoms with Gasteiger partial charge in [0, 0.05) is 35.9 Å². The summed E-state index contributed by atoms with van der Waals surface area (Å²) in [7, 11) is 0. The predicted molar refractivity (Wildman–Crippen MR) is 124 cm³/mol. The minimum absolute atomic E-state index is 0.0694. The fraction of sp³-hybridized carbons (Fsp3) is 0.250. The number of aromatic nitrogens is 3. The molecule has 32 heavy (non-hydrogen) atoms. The summed E-state index contributed by atoms with van der Waals surface area (Å²) < 4.78 is 3.32. The lowest BCUT2D eigenvalue weighted by atomic mass is 10.2. The molecule has 4 rings (SSSR count). The van der Waals surface area contributed by atoms with E-state index >= 15 is 0 Å². The molecule has 164 valence electrons. The Bertz CT molecular complexity index is 1350. The highest BCUT2D eigenvalue weighted by Gasteiger charge is 2.13. The number of nitrogens with zero attached hydrogens (tertiary/aromatic N) is 4. The summed E-state index contributed by atoms with van der Waals surface area (Å²) in [5.41, 5.74) is 2.48. The molecular formula is C24H25N5O3. The number of carbonyl (C=O) groups excluding carboxylic acids is 2. The number of para-hydroxylation sites is 2. The molecule has 0 saturated carbocycles. The first-order valence-corrected chi connectivity index (χ1v) is 10.6. The number of nitrogens with one attached hydrogen (secondary N) is 1. The van der Waals surface area contributed by atoms with Crippen molar-refractivity contribution >= 4 is 39.4 Å². The second kappa shape index (κ2) is 9.05. The van der Waals surface area contributed by atoms with Gasteiger partial charge in [-0.25, -0.2) is 4.98 Å². The van der Waals surface area contributed by atoms with Gasteiger partial charge >= 0.3 is 0 Å². The van der Waals surface area contributed by atoms with Gasteiger partial charge in [0.2, 0.25) is 11.8 Å². The lowest BCUT2D eigenvalue weighted by Gasteiger charge is -2.19. The van der Waals surface area contributed by atoms with E-state index in [1.54, 1.807) is 29.2 Å². The van der Waals surface area contributed by atoms with E-state index in [9.17, 15) is 14.4 Å². The Morgan fingerprint density at radius 1 is 1.00 bits per heavy atom. The monoisotopic (exact) mass is 431 g/mol. The molecule has 0 bridgehead atoms. The van der Waals surface area contributed by atoms with Crippen LogP contribution in [0.15, 0.2) is 65.7 Å². The molecule has 0 aliphatic heterocycles. The Morgan fingerprint density at radius 2 is 1.78 bits per heavy atom. The first-order valence-electron chi connectivity index (χ1n) is 10.6. The highest BCUT2D eigenvalue weighted by molar-refractivity contribution is 5.94. The van der Waals surface area contributed by atoms with E-state index in [0.29, 0.717) is 29.8 Å². The van der Waals surface area contributed by atoms with E-state index in [-0.39, 0.29) is 30.5 Å². The molecule has 2 heterocycles. The van der Waals surface area contributed by atoms with Gasteiger partial charge in [-0.3, -0.25) is 19.0 Å². The minimum Gasteiger partial charge on any atom is -0.342 e. The Labute approximate surface area is 185 Å². The van der Waals surface area contributed by atoms with Crippen LogP contribution >= 0.6 is 0 Å². The van der Waals surface area contributed by atoms with E-state index in [1.165, 1.54) is 10.8 Å². The van der Waals surface area contributed by atoms with Crippen LogP contribution in [0.3, 0.4) is 0 Å². The molecule has 0 fully saturated rings. The summed E-state index contributed by atoms with van der Waals surface area (Å²) in [5.74, 6) is -0.237. The molecule has 2 amide bonds. The van der Waals surface area contributed by atoms with Crippen molar-refractivity contribution in [1.82, 2.24) is 19.0 Å². The van der Waals surface area contributed by atoms with Crippen LogP contribution in [0.25, 0.3) is 21.9 Å². The number of hydrogen-bond acceptors (Lipinski definition) is 4. The fourth-order valence-electron chi connectivity index (χ4n) is 3.86. The quantitative estimate of drug-likeness (QED) is 0.487. The number of likely N-dealkylation sites (N-methyl/N-ethyl adjacent to an activating group) is 1. The number of hydrogen-bond donors (Lipinski definition) is 1. The molecule has 2 aromatic carbocycles. The summed E-state index contributed by atoms with van der Waals surface area (Å²) in [6, 6.07) is 14.7. The van der Waals surface area contributed by atoms with Crippen LogP contribution in [0, 0.1) is 0 Å². The van der Waals surface area contributed by atoms with Crippen molar-refractivity contribution in [2.45, 2.75) is 26.9 Å². The minimum atomic E-state index is -0.329. The maximum atomic E-state index is 12.7. The summed E-state index contributed by atoms with van der Waals surface area (Å²) in [6.45, 7) is 5.45. The maximum Gasteiger partial charge on any atom is 0.269 e. The summed E-state index contributed by atoms with van der Waals surface area (Å²) in [5, 5.41) is 3.78. The lowest BCUT2D eigenvalue weighted by Crippen LogP contribution is -2.33. The molecule has 2 aromatic heterocycles. The molecule has 4 aromatic rings. The second-order valence-electron chi connectivity index (χ2n) is 7.50. The van der Waals surface area contributed by atoms with Gasteiger partial charge in [0.1, 0.15) is 13.1 Å². The van der Waals surface area contributed by atoms with Crippen LogP contribution in [0.1, 0.15) is 13.8 Å². The zero-order valence-electron chi connectivity index (χ0n) is 18.1. The van der Waals surface area contributed by atoms with Crippen molar-refractivity contribution in [3.63, 3.8) is 0 Å². The highest BCUT2D eigenvalue weighted by Crippen LogP contribution is 2.21. The van der Waals surface area contributed by atoms with E-state index in [4.69, 9.17) is 0 Å². The van der Waals surface area contributed by atoms with Crippen LogP contribution in [0.4, 0.5) is 5.69 Å². The molecule has 0 unspecified atom stereocenters. The van der Waals surface area contributed by atoms with Gasteiger partial charge in [0.25, 0.3) is 5.56 Å². The van der Waals surface area contributed by atoms with Crippen molar-refractivity contribution in [1.29, 1.82) is 0 Å². The van der Waals surface area contributed by atoms with E-state index in [0.717, 1.165) is 10.9 Å². The van der Waals surface area contributed by atoms with Crippen molar-refractivity contribution in [2.75, 3.05) is 18.4 Å². The SMILES string of the molecule is CCN(CC)C(=O)Cn1ccc2cc(NC(=O)Cn3c(=O)cnc4ccccc43)ccc21. The zero-order chi connectivity index (χ0) is 22.7. The average Bonchev–Trinajstić information content (AvgIpc) is 3.18. The molecule has 0 spiro atoms. The van der Waals surface area contributed by atoms with Crippen LogP contribution in [0.2, 0.25) is 0 Å². The van der Waals surface area contributed by atoms with Gasteiger partial charge in [-0.1, -0.05) is 12.1 Å². The van der Waals surface area contributed by atoms with Gasteiger partial charge < -0.3 is 14.8 Å². The summed E-state index contributed by atoms with van der Waals surface area (Å²) in [6.07, 6.45) is 3.10. The number of fused-ring (bicyclic) bond motifs is 2. The summed E-state index contributed by atoms with van der Waals surface area (Å²) >= 11 is 0. The topological polar surface area (TPSA) is 89.2 Å². The number of benzene rings is 2. The molecule has 0 aliphatic rings. The van der Waals surface area contributed by atoms with E-state index < -0.39 is 0 Å². The van der Waals surface area contributed by atoms with E-state index in [1.807, 2.05) is 48.9 Å². The molecule has 8 heteroatoms. The smallest absolute Gasteiger partial charge is 0.269 e. The zero-order valence-corrected chi connectivity index (χ0v) is 18.1. The van der Waals surface area contributed by atoms with Crippen molar-refractivity contribution in [3.8, 4) is 0 Å². The van der Waals surface area contributed by atoms with Crippen LogP contribution in [-0.4, -0.2) is 43.9 Å². The summed E-state index contributed by atoms with van der Waals surface area (Å²) in [4.78, 5) is 43.3. The van der Waals surface area contributed by atoms with Crippen molar-refractivity contribution in [2.24, 2.45) is 0 Å². The third-order valence-corrected chi connectivity index (χ3v) is 5.53. The first-order chi connectivity index (χ1) is 15.5. The maximum absolute atomic E-state index is 12.7. The molecule has 8 nitrogen and oxygen atoms in total. The predicted octanol–water partition coefficient (Wildman–Crippen LogP) is 2.86. The molecule has 0 atom stereocenters. The lowest BCUT2D eigenvalue weighted by molar-refractivity contribution is -0.131. The molecule has 1 N–H and O–H groups in total. The van der Waals surface area contributed by atoms with Gasteiger partial charge in [-0.05, 0) is 50.2 Å². The Hall–Kier alpha value is -3.94. The van der Waals surface area contributed by atoms with Gasteiger partial charge in [-0.2, -0.15) is 0 Å². The Kier molecular flexibility index (Phi) is 6.02. The van der Waals surface area contributed by atoms with Gasteiger partial charge in [0.05, 0.1) is 17.2 Å². The number of rotatable bonds is 7. The largest absolute Gasteiger partial charge is 0.342 e. The fourth-order valence-corrected chi connectivity index (χ4v) is 3.86. The average molecular weight is 431 g/mol. The second-order valence-corrected chi connectivity index (χ2v) is 7.50. The Balaban J connectivity index is 1.51. The van der Waals surface area contributed by atoms with Crippen molar-refractivity contribution in [3.05, 3.63) is 71.3 Å². The molecule has 0 aliphatic carbocycles. The number of amides is 2. The van der Waals surface area contributed by atoms with Gasteiger partial charge in [-0.15, -0.1) is 0 Å². The van der Waals surface area contributed by atoms with Crippen LogP contribution < -0.4 is 10.9 Å². The van der Waals surface area contributed by atoms with Crippen molar-refractivity contribution < 1.29 is 9.59 Å². The molecule has 0 radical (unpaired) electrons. The highest BCUT2D eigenvalue weighted by atomic mass is 16.2. The van der Waals surface area contributed by atoms with Crippen LogP contribution in [0.5, 0.6) is 0 Å². The molecule has 0 saturated heterocycles. The van der Waals surface area contributed by atoms with Gasteiger partial charge in [0.15, 0.2) is 0 Å². The standard InChI is InChI=1S/C24H25N5O3/c1-3-27(4-2)24(32)16-28-12-11-17-13-18(9-10-20(17)28)26-22(30)15-29-21-8-6-5-7-19(21)25-14-23(29)31/h5-14H,3-4,15-16H2,1-2H3,(H,26,30). The van der Waals surface area contributed by atoms with Crippen LogP contribution in [-0.2, 0) is 22.7 Å².